The van der Waals surface area contributed by atoms with Gasteiger partial charge < -0.3 is 4.90 Å². The van der Waals surface area contributed by atoms with E-state index in [1.165, 1.54) is 42.8 Å². The average molecular weight is 344 g/mol. The molecule has 0 amide bonds. The summed E-state index contributed by atoms with van der Waals surface area (Å²) in [6.07, 6.45) is 6.86. The maximum atomic E-state index is 4.95. The molecule has 2 aromatic rings. The maximum absolute atomic E-state index is 4.95. The second kappa shape index (κ2) is 6.08. The summed E-state index contributed by atoms with van der Waals surface area (Å²) >= 11 is 1.75. The smallest absolute Gasteiger partial charge is 0.225 e. The summed E-state index contributed by atoms with van der Waals surface area (Å²) in [5.41, 5.74) is 4.09. The lowest BCUT2D eigenvalue weighted by Crippen LogP contribution is -2.45. The van der Waals surface area contributed by atoms with Crippen molar-refractivity contribution < 1.29 is 0 Å². The molecule has 1 atom stereocenters. The summed E-state index contributed by atoms with van der Waals surface area (Å²) in [6, 6.07) is 0. The molecular weight excluding hydrogens is 318 g/mol. The van der Waals surface area contributed by atoms with Crippen molar-refractivity contribution in [1.82, 2.24) is 19.9 Å². The summed E-state index contributed by atoms with van der Waals surface area (Å²) in [5, 5.41) is 3.36. The molecular formula is C18H25N5S. The van der Waals surface area contributed by atoms with E-state index in [1.54, 1.807) is 11.3 Å². The number of hydrogen-bond acceptors (Lipinski definition) is 6. The van der Waals surface area contributed by atoms with Gasteiger partial charge in [-0.1, -0.05) is 0 Å². The number of rotatable bonds is 3. The Balaban J connectivity index is 1.59. The fourth-order valence-corrected chi connectivity index (χ4v) is 4.82. The lowest BCUT2D eigenvalue weighted by atomic mass is 9.77. The zero-order chi connectivity index (χ0) is 16.7. The lowest BCUT2D eigenvalue weighted by molar-refractivity contribution is 0.135. The third kappa shape index (κ3) is 2.82. The van der Waals surface area contributed by atoms with Crippen molar-refractivity contribution in [3.05, 3.63) is 33.5 Å². The molecule has 2 aromatic heterocycles. The Hall–Kier alpha value is -1.53. The fraction of sp³-hybridized carbons (Fsp3) is 0.611. The fourth-order valence-electron chi connectivity index (χ4n) is 4.22. The quantitative estimate of drug-likeness (QED) is 0.857. The SMILES string of the molecule is Cc1nc(CN2CCCC3(CCc4cnc(N(C)C)nc43)C2)cs1. The minimum absolute atomic E-state index is 0.215. The summed E-state index contributed by atoms with van der Waals surface area (Å²) in [7, 11) is 4.03. The maximum Gasteiger partial charge on any atom is 0.225 e. The molecule has 1 fully saturated rings. The molecule has 0 aromatic carbocycles. The molecule has 24 heavy (non-hydrogen) atoms. The molecule has 4 rings (SSSR count). The number of likely N-dealkylation sites (tertiary alicyclic amines) is 1. The van der Waals surface area contributed by atoms with Gasteiger partial charge in [-0.3, -0.25) is 4.90 Å². The summed E-state index contributed by atoms with van der Waals surface area (Å²) in [5.74, 6) is 0.835. The highest BCUT2D eigenvalue weighted by atomic mass is 32.1. The highest BCUT2D eigenvalue weighted by Gasteiger charge is 2.43. The number of thiazole rings is 1. The van der Waals surface area contributed by atoms with Crippen molar-refractivity contribution >= 4 is 17.3 Å². The molecule has 2 aliphatic rings. The standard InChI is InChI=1S/C18H25N5S/c1-13-20-15(11-24-13)10-23-8-4-6-18(12-23)7-5-14-9-19-17(22(2)3)21-16(14)18/h9,11H,4-8,10,12H2,1-3H3. The molecule has 6 heteroatoms. The predicted molar refractivity (Wildman–Crippen MR) is 97.7 cm³/mol. The van der Waals surface area contributed by atoms with E-state index >= 15 is 0 Å². The Kier molecular flexibility index (Phi) is 4.04. The van der Waals surface area contributed by atoms with Crippen LogP contribution in [0.25, 0.3) is 0 Å². The van der Waals surface area contributed by atoms with Crippen LogP contribution in [0.1, 0.15) is 41.2 Å². The number of nitrogens with zero attached hydrogens (tertiary/aromatic N) is 5. The van der Waals surface area contributed by atoms with Gasteiger partial charge in [0.15, 0.2) is 0 Å². The van der Waals surface area contributed by atoms with Crippen molar-refractivity contribution in [2.45, 2.75) is 44.6 Å². The van der Waals surface area contributed by atoms with Crippen LogP contribution < -0.4 is 4.90 Å². The van der Waals surface area contributed by atoms with Crippen molar-refractivity contribution in [3.63, 3.8) is 0 Å². The Morgan fingerprint density at radius 2 is 2.17 bits per heavy atom. The Morgan fingerprint density at radius 1 is 1.29 bits per heavy atom. The van der Waals surface area contributed by atoms with E-state index in [-0.39, 0.29) is 5.41 Å². The van der Waals surface area contributed by atoms with Crippen molar-refractivity contribution in [3.8, 4) is 0 Å². The van der Waals surface area contributed by atoms with E-state index in [1.807, 2.05) is 19.0 Å². The summed E-state index contributed by atoms with van der Waals surface area (Å²) in [6.45, 7) is 5.31. The molecule has 1 saturated heterocycles. The van der Waals surface area contributed by atoms with Gasteiger partial charge in [-0.2, -0.15) is 0 Å². The number of aromatic nitrogens is 3. The van der Waals surface area contributed by atoms with Gasteiger partial charge in [-0.15, -0.1) is 11.3 Å². The van der Waals surface area contributed by atoms with Crippen LogP contribution in [0.5, 0.6) is 0 Å². The van der Waals surface area contributed by atoms with Gasteiger partial charge in [0.05, 0.1) is 16.4 Å². The van der Waals surface area contributed by atoms with Crippen LogP contribution in [0, 0.1) is 6.92 Å². The Labute approximate surface area is 147 Å². The van der Waals surface area contributed by atoms with E-state index < -0.39 is 0 Å². The van der Waals surface area contributed by atoms with Crippen LogP contribution in [0.4, 0.5) is 5.95 Å². The van der Waals surface area contributed by atoms with E-state index in [0.29, 0.717) is 0 Å². The first-order valence-corrected chi connectivity index (χ1v) is 9.61. The molecule has 5 nitrogen and oxygen atoms in total. The lowest BCUT2D eigenvalue weighted by Gasteiger charge is -2.40. The van der Waals surface area contributed by atoms with Crippen LogP contribution in [0.3, 0.4) is 0 Å². The first-order valence-electron chi connectivity index (χ1n) is 8.73. The van der Waals surface area contributed by atoms with E-state index in [4.69, 9.17) is 4.98 Å². The monoisotopic (exact) mass is 343 g/mol. The number of aryl methyl sites for hydroxylation is 2. The molecule has 3 heterocycles. The molecule has 128 valence electrons. The minimum atomic E-state index is 0.215. The molecule has 1 aliphatic heterocycles. The Morgan fingerprint density at radius 3 is 2.92 bits per heavy atom. The molecule has 0 radical (unpaired) electrons. The molecule has 0 saturated carbocycles. The van der Waals surface area contributed by atoms with Gasteiger partial charge in [0.1, 0.15) is 0 Å². The van der Waals surface area contributed by atoms with Crippen molar-refractivity contribution in [1.29, 1.82) is 0 Å². The van der Waals surface area contributed by atoms with Gasteiger partial charge in [0.25, 0.3) is 0 Å². The third-order valence-corrected chi connectivity index (χ3v) is 6.16. The number of hydrogen-bond donors (Lipinski definition) is 0. The largest absolute Gasteiger partial charge is 0.347 e. The van der Waals surface area contributed by atoms with Crippen LogP contribution in [0.2, 0.25) is 0 Å². The first kappa shape index (κ1) is 16.0. The predicted octanol–water partition coefficient (Wildman–Crippen LogP) is 2.79. The molecule has 1 unspecified atom stereocenters. The van der Waals surface area contributed by atoms with Gasteiger partial charge in [-0.25, -0.2) is 15.0 Å². The van der Waals surface area contributed by atoms with Crippen LogP contribution in [-0.4, -0.2) is 47.0 Å². The zero-order valence-corrected chi connectivity index (χ0v) is 15.6. The summed E-state index contributed by atoms with van der Waals surface area (Å²) in [4.78, 5) is 18.7. The number of anilines is 1. The third-order valence-electron chi connectivity index (χ3n) is 5.34. The van der Waals surface area contributed by atoms with Crippen LogP contribution in [0.15, 0.2) is 11.6 Å². The first-order chi connectivity index (χ1) is 11.6. The highest BCUT2D eigenvalue weighted by molar-refractivity contribution is 7.09. The van der Waals surface area contributed by atoms with Crippen molar-refractivity contribution in [2.24, 2.45) is 0 Å². The van der Waals surface area contributed by atoms with E-state index in [0.717, 1.165) is 30.5 Å². The van der Waals surface area contributed by atoms with Crippen molar-refractivity contribution in [2.75, 3.05) is 32.1 Å². The van der Waals surface area contributed by atoms with Crippen LogP contribution >= 0.6 is 11.3 Å². The van der Waals surface area contributed by atoms with E-state index in [9.17, 15) is 0 Å². The average Bonchev–Trinajstić information content (AvgIpc) is 3.12. The molecule has 1 spiro atoms. The van der Waals surface area contributed by atoms with Crippen LogP contribution in [-0.2, 0) is 18.4 Å². The van der Waals surface area contributed by atoms with Gasteiger partial charge in [-0.05, 0) is 44.7 Å². The molecule has 1 aliphatic carbocycles. The summed E-state index contributed by atoms with van der Waals surface area (Å²) < 4.78 is 0. The highest BCUT2D eigenvalue weighted by Crippen LogP contribution is 2.44. The minimum Gasteiger partial charge on any atom is -0.347 e. The Bertz CT molecular complexity index is 737. The number of fused-ring (bicyclic) bond motifs is 2. The van der Waals surface area contributed by atoms with Gasteiger partial charge in [0.2, 0.25) is 5.95 Å². The van der Waals surface area contributed by atoms with Gasteiger partial charge in [0, 0.05) is 44.2 Å². The molecule has 0 N–H and O–H groups in total. The topological polar surface area (TPSA) is 45.2 Å². The van der Waals surface area contributed by atoms with Gasteiger partial charge >= 0.3 is 0 Å². The molecule has 0 bridgehead atoms. The number of piperidine rings is 1. The van der Waals surface area contributed by atoms with E-state index in [2.05, 4.69) is 33.4 Å². The zero-order valence-electron chi connectivity index (χ0n) is 14.7. The normalized spacial score (nSPS) is 23.6. The second-order valence-corrected chi connectivity index (χ2v) is 8.45. The second-order valence-electron chi connectivity index (χ2n) is 7.39.